The van der Waals surface area contributed by atoms with E-state index in [0.717, 1.165) is 24.1 Å². The summed E-state index contributed by atoms with van der Waals surface area (Å²) in [5.41, 5.74) is -0.672. The molecule has 2 aromatic rings. The van der Waals surface area contributed by atoms with Crippen LogP contribution in [0.2, 0.25) is 0 Å². The van der Waals surface area contributed by atoms with E-state index in [1.807, 2.05) is 6.07 Å². The third kappa shape index (κ3) is 5.71. The van der Waals surface area contributed by atoms with E-state index in [0.29, 0.717) is 13.0 Å². The number of halogens is 3. The van der Waals surface area contributed by atoms with Gasteiger partial charge in [-0.1, -0.05) is 30.3 Å². The molecule has 0 spiro atoms. The fourth-order valence-electron chi connectivity index (χ4n) is 2.92. The molecule has 0 bridgehead atoms. The maximum absolute atomic E-state index is 13.5. The third-order valence-corrected chi connectivity index (χ3v) is 4.36. The molecule has 3 rings (SSSR count). The van der Waals surface area contributed by atoms with Crippen LogP contribution in [0, 0.1) is 0 Å². The number of hydrogen-bond donors (Lipinski definition) is 3. The van der Waals surface area contributed by atoms with E-state index in [-0.39, 0.29) is 12.2 Å². The molecule has 1 aliphatic rings. The molecule has 1 saturated heterocycles. The Kier molecular flexibility index (Phi) is 6.38. The van der Waals surface area contributed by atoms with Crippen LogP contribution in [-0.4, -0.2) is 24.6 Å². The minimum absolute atomic E-state index is 0.0203. The Hall–Kier alpha value is -3.07. The molecule has 1 aliphatic heterocycles. The Morgan fingerprint density at radius 2 is 1.83 bits per heavy atom. The SMILES string of the molecule is O=C(NCc1ccccc1)Nc1ccc(NC(=O)[C@H]2CCCO2)cc1C(F)(F)F. The zero-order valence-electron chi connectivity index (χ0n) is 15.4. The first-order valence-electron chi connectivity index (χ1n) is 9.05. The maximum atomic E-state index is 13.5. The molecule has 3 N–H and O–H groups in total. The molecule has 1 fully saturated rings. The molecule has 9 heteroatoms. The average molecular weight is 407 g/mol. The van der Waals surface area contributed by atoms with Crippen molar-refractivity contribution in [2.75, 3.05) is 17.2 Å². The predicted octanol–water partition coefficient (Wildman–Crippen LogP) is 4.14. The van der Waals surface area contributed by atoms with Crippen molar-refractivity contribution in [3.8, 4) is 0 Å². The van der Waals surface area contributed by atoms with Gasteiger partial charge in [-0.15, -0.1) is 0 Å². The molecular weight excluding hydrogens is 387 g/mol. The smallest absolute Gasteiger partial charge is 0.368 e. The highest BCUT2D eigenvalue weighted by atomic mass is 19.4. The van der Waals surface area contributed by atoms with Gasteiger partial charge >= 0.3 is 12.2 Å². The zero-order valence-corrected chi connectivity index (χ0v) is 15.4. The molecule has 0 unspecified atom stereocenters. The van der Waals surface area contributed by atoms with Gasteiger partial charge in [0.2, 0.25) is 0 Å². The summed E-state index contributed by atoms with van der Waals surface area (Å²) in [7, 11) is 0. The third-order valence-electron chi connectivity index (χ3n) is 4.36. The summed E-state index contributed by atoms with van der Waals surface area (Å²) in [5, 5.41) is 7.15. The van der Waals surface area contributed by atoms with Crippen molar-refractivity contribution in [1.29, 1.82) is 0 Å². The number of benzene rings is 2. The summed E-state index contributed by atoms with van der Waals surface area (Å²) in [6.07, 6.45) is -4.12. The van der Waals surface area contributed by atoms with Gasteiger partial charge in [-0.05, 0) is 36.6 Å². The molecular formula is C20H20F3N3O3. The molecule has 0 saturated carbocycles. The zero-order chi connectivity index (χ0) is 20.9. The topological polar surface area (TPSA) is 79.5 Å². The van der Waals surface area contributed by atoms with Crippen LogP contribution in [0.15, 0.2) is 48.5 Å². The number of carbonyl (C=O) groups is 2. The number of hydrogen-bond acceptors (Lipinski definition) is 3. The minimum atomic E-state index is -4.72. The number of amides is 3. The van der Waals surface area contributed by atoms with Crippen LogP contribution in [0.4, 0.5) is 29.3 Å². The molecule has 1 atom stereocenters. The first-order chi connectivity index (χ1) is 13.8. The second kappa shape index (κ2) is 8.95. The monoisotopic (exact) mass is 407 g/mol. The molecule has 0 radical (unpaired) electrons. The van der Waals surface area contributed by atoms with Crippen LogP contribution in [0.25, 0.3) is 0 Å². The van der Waals surface area contributed by atoms with Crippen molar-refractivity contribution >= 4 is 23.3 Å². The Morgan fingerprint density at radius 1 is 1.07 bits per heavy atom. The summed E-state index contributed by atoms with van der Waals surface area (Å²) in [6.45, 7) is 0.621. The van der Waals surface area contributed by atoms with Crippen molar-refractivity contribution in [3.63, 3.8) is 0 Å². The van der Waals surface area contributed by atoms with Gasteiger partial charge < -0.3 is 20.7 Å². The Balaban J connectivity index is 1.68. The molecule has 2 aromatic carbocycles. The van der Waals surface area contributed by atoms with Crippen LogP contribution >= 0.6 is 0 Å². The quantitative estimate of drug-likeness (QED) is 0.697. The number of anilines is 2. The largest absolute Gasteiger partial charge is 0.418 e. The van der Waals surface area contributed by atoms with Gasteiger partial charge in [0.25, 0.3) is 5.91 Å². The van der Waals surface area contributed by atoms with E-state index >= 15 is 0 Å². The van der Waals surface area contributed by atoms with Crippen molar-refractivity contribution in [1.82, 2.24) is 5.32 Å². The number of ether oxygens (including phenoxy) is 1. The number of rotatable bonds is 5. The highest BCUT2D eigenvalue weighted by Crippen LogP contribution is 2.36. The molecule has 0 aromatic heterocycles. The number of urea groups is 1. The number of nitrogens with one attached hydrogen (secondary N) is 3. The molecule has 3 amide bonds. The first-order valence-corrected chi connectivity index (χ1v) is 9.05. The Morgan fingerprint density at radius 3 is 2.48 bits per heavy atom. The lowest BCUT2D eigenvalue weighted by atomic mass is 10.1. The van der Waals surface area contributed by atoms with Crippen LogP contribution < -0.4 is 16.0 Å². The van der Waals surface area contributed by atoms with Crippen LogP contribution in [0.1, 0.15) is 24.0 Å². The highest BCUT2D eigenvalue weighted by molar-refractivity contribution is 5.95. The summed E-state index contributed by atoms with van der Waals surface area (Å²) in [4.78, 5) is 24.1. The lowest BCUT2D eigenvalue weighted by Crippen LogP contribution is -2.29. The predicted molar refractivity (Wildman–Crippen MR) is 101 cm³/mol. The lowest BCUT2D eigenvalue weighted by Gasteiger charge is -2.17. The van der Waals surface area contributed by atoms with Crippen molar-refractivity contribution in [2.24, 2.45) is 0 Å². The van der Waals surface area contributed by atoms with E-state index in [4.69, 9.17) is 4.74 Å². The number of alkyl halides is 3. The fourth-order valence-corrected chi connectivity index (χ4v) is 2.92. The highest BCUT2D eigenvalue weighted by Gasteiger charge is 2.34. The molecule has 29 heavy (non-hydrogen) atoms. The Bertz CT molecular complexity index is 866. The summed E-state index contributed by atoms with van der Waals surface area (Å²) >= 11 is 0. The van der Waals surface area contributed by atoms with Gasteiger partial charge in [-0.25, -0.2) is 4.79 Å². The summed E-state index contributed by atoms with van der Waals surface area (Å²) in [5.74, 6) is -0.489. The first kappa shape index (κ1) is 20.7. The van der Waals surface area contributed by atoms with Crippen molar-refractivity contribution in [2.45, 2.75) is 31.7 Å². The van der Waals surface area contributed by atoms with E-state index < -0.39 is 35.5 Å². The summed E-state index contributed by atoms with van der Waals surface area (Å²) < 4.78 is 45.6. The van der Waals surface area contributed by atoms with E-state index in [2.05, 4.69) is 16.0 Å². The standard InChI is InChI=1S/C20H20F3N3O3/c21-20(22,23)15-11-14(25-18(27)17-7-4-10-29-17)8-9-16(15)26-19(28)24-12-13-5-2-1-3-6-13/h1-3,5-6,8-9,11,17H,4,7,10,12H2,(H,25,27)(H2,24,26,28)/t17-/m1/s1. The van der Waals surface area contributed by atoms with Crippen LogP contribution in [0.5, 0.6) is 0 Å². The van der Waals surface area contributed by atoms with Gasteiger partial charge in [0, 0.05) is 18.8 Å². The molecule has 6 nitrogen and oxygen atoms in total. The van der Waals surface area contributed by atoms with Gasteiger partial charge in [0.1, 0.15) is 6.10 Å². The van der Waals surface area contributed by atoms with Crippen molar-refractivity contribution < 1.29 is 27.5 Å². The second-order valence-electron chi connectivity index (χ2n) is 6.54. The molecule has 154 valence electrons. The van der Waals surface area contributed by atoms with E-state index in [1.165, 1.54) is 6.07 Å². The fraction of sp³-hybridized carbons (Fsp3) is 0.300. The van der Waals surface area contributed by atoms with Gasteiger partial charge in [0.15, 0.2) is 0 Å². The van der Waals surface area contributed by atoms with E-state index in [9.17, 15) is 22.8 Å². The van der Waals surface area contributed by atoms with Gasteiger partial charge in [-0.3, -0.25) is 4.79 Å². The summed E-state index contributed by atoms with van der Waals surface area (Å²) in [6, 6.07) is 11.4. The Labute approximate surface area is 165 Å². The van der Waals surface area contributed by atoms with Gasteiger partial charge in [-0.2, -0.15) is 13.2 Å². The normalized spacial score (nSPS) is 16.3. The minimum Gasteiger partial charge on any atom is -0.368 e. The maximum Gasteiger partial charge on any atom is 0.418 e. The van der Waals surface area contributed by atoms with Gasteiger partial charge in [0.05, 0.1) is 11.3 Å². The van der Waals surface area contributed by atoms with Crippen molar-refractivity contribution in [3.05, 3.63) is 59.7 Å². The van der Waals surface area contributed by atoms with Crippen LogP contribution in [-0.2, 0) is 22.3 Å². The molecule has 1 heterocycles. The average Bonchev–Trinajstić information content (AvgIpc) is 3.22. The molecule has 0 aliphatic carbocycles. The lowest BCUT2D eigenvalue weighted by molar-refractivity contribution is -0.137. The van der Waals surface area contributed by atoms with E-state index in [1.54, 1.807) is 24.3 Å². The number of carbonyl (C=O) groups excluding carboxylic acids is 2. The second-order valence-corrected chi connectivity index (χ2v) is 6.54. The van der Waals surface area contributed by atoms with Crippen LogP contribution in [0.3, 0.4) is 0 Å².